The summed E-state index contributed by atoms with van der Waals surface area (Å²) in [6.45, 7) is 7.16. The molecule has 0 amide bonds. The predicted molar refractivity (Wildman–Crippen MR) is 126 cm³/mol. The van der Waals surface area contributed by atoms with Gasteiger partial charge in [-0.1, -0.05) is 0 Å². The molecule has 0 saturated carbocycles. The van der Waals surface area contributed by atoms with E-state index in [1.54, 1.807) is 27.7 Å². The molecule has 0 heterocycles. The molecule has 0 bridgehead atoms. The molecule has 0 atom stereocenters. The van der Waals surface area contributed by atoms with E-state index in [1.807, 2.05) is 91.0 Å². The van der Waals surface area contributed by atoms with Crippen LogP contribution in [0.3, 0.4) is 0 Å². The van der Waals surface area contributed by atoms with Crippen LogP contribution in [0.2, 0.25) is 0 Å². The zero-order chi connectivity index (χ0) is 22.5. The molecule has 0 aliphatic carbocycles. The van der Waals surface area contributed by atoms with Gasteiger partial charge in [-0.25, -0.2) is 0 Å². The van der Waals surface area contributed by atoms with Crippen molar-refractivity contribution in [2.24, 2.45) is 11.8 Å². The van der Waals surface area contributed by atoms with Gasteiger partial charge in [-0.15, -0.1) is 0 Å². The van der Waals surface area contributed by atoms with E-state index in [9.17, 15) is 9.59 Å². The standard InChI is InChI=1S/3C6H5.2C4H8O2.Bi/c3*1-2-4-6-5-3-1;2*1-3(2)4(5)6;/h3*1-5H;2*3H,1-2H3,(H,5,6);/q;;;;;+2/p-2. The second-order valence-electron chi connectivity index (χ2n) is 8.09. The summed E-state index contributed by atoms with van der Waals surface area (Å²) in [6.07, 6.45) is 0. The Morgan fingerprint density at radius 2 is 0.806 bits per heavy atom. The van der Waals surface area contributed by atoms with Crippen molar-refractivity contribution in [2.75, 3.05) is 0 Å². The molecule has 0 unspecified atom stereocenters. The Morgan fingerprint density at radius 1 is 0.548 bits per heavy atom. The molecular weight excluding hydrogens is 585 g/mol. The van der Waals surface area contributed by atoms with Crippen LogP contribution in [0.5, 0.6) is 0 Å². The van der Waals surface area contributed by atoms with Crippen molar-refractivity contribution in [1.82, 2.24) is 0 Å². The third-order valence-electron chi connectivity index (χ3n) is 5.15. The maximum atomic E-state index is 13.3. The molecule has 0 radical (unpaired) electrons. The van der Waals surface area contributed by atoms with Gasteiger partial charge in [0.1, 0.15) is 0 Å². The van der Waals surface area contributed by atoms with Crippen molar-refractivity contribution in [1.29, 1.82) is 0 Å². The van der Waals surface area contributed by atoms with E-state index in [-0.39, 0.29) is 23.8 Å². The molecule has 0 aliphatic rings. The SMILES string of the molecule is CC(C)C(=O)[O][Bi]([O]C(=O)C(C)C)([c]1ccccc1)([c]1ccccc1)[c]1ccccc1. The normalized spacial score (nSPS) is 12.8. The monoisotopic (exact) mass is 614 g/mol. The van der Waals surface area contributed by atoms with Gasteiger partial charge >= 0.3 is 187 Å². The fraction of sp³-hybridized carbons (Fsp3) is 0.231. The molecular formula is C26H29BiO4. The molecule has 0 aliphatic heterocycles. The van der Waals surface area contributed by atoms with Crippen LogP contribution < -0.4 is 9.81 Å². The Morgan fingerprint density at radius 3 is 1.03 bits per heavy atom. The molecule has 0 fully saturated rings. The summed E-state index contributed by atoms with van der Waals surface area (Å²) in [5.74, 6) is -1.55. The summed E-state index contributed by atoms with van der Waals surface area (Å²) >= 11 is -5.80. The summed E-state index contributed by atoms with van der Waals surface area (Å²) in [7, 11) is 0. The van der Waals surface area contributed by atoms with Crippen LogP contribution in [0.1, 0.15) is 27.7 Å². The topological polar surface area (TPSA) is 52.6 Å². The van der Waals surface area contributed by atoms with Crippen molar-refractivity contribution in [3.05, 3.63) is 91.0 Å². The zero-order valence-corrected chi connectivity index (χ0v) is 21.9. The molecule has 5 heteroatoms. The molecule has 0 spiro atoms. The van der Waals surface area contributed by atoms with Crippen LogP contribution >= 0.6 is 0 Å². The van der Waals surface area contributed by atoms with Crippen molar-refractivity contribution >= 4 is 41.4 Å². The first-order chi connectivity index (χ1) is 14.8. The van der Waals surface area contributed by atoms with Gasteiger partial charge in [0, 0.05) is 0 Å². The van der Waals surface area contributed by atoms with Gasteiger partial charge in [0.05, 0.1) is 0 Å². The van der Waals surface area contributed by atoms with E-state index in [0.29, 0.717) is 0 Å². The number of rotatable bonds is 7. The second-order valence-corrected chi connectivity index (χ2v) is 23.0. The summed E-state index contributed by atoms with van der Waals surface area (Å²) < 4.78 is 15.4. The Kier molecular flexibility index (Phi) is 6.96. The van der Waals surface area contributed by atoms with E-state index >= 15 is 0 Å². The quantitative estimate of drug-likeness (QED) is 0.383. The van der Waals surface area contributed by atoms with Gasteiger partial charge < -0.3 is 0 Å². The molecule has 162 valence electrons. The van der Waals surface area contributed by atoms with Crippen molar-refractivity contribution in [3.8, 4) is 0 Å². The molecule has 4 nitrogen and oxygen atoms in total. The fourth-order valence-corrected chi connectivity index (χ4v) is 22.1. The molecule has 3 aromatic carbocycles. The Labute approximate surface area is 186 Å². The molecule has 3 rings (SSSR count). The van der Waals surface area contributed by atoms with Gasteiger partial charge in [0.25, 0.3) is 0 Å². The third-order valence-corrected chi connectivity index (χ3v) is 23.7. The van der Waals surface area contributed by atoms with Crippen LogP contribution in [0.25, 0.3) is 0 Å². The molecule has 0 aromatic heterocycles. The van der Waals surface area contributed by atoms with Gasteiger partial charge in [0.2, 0.25) is 0 Å². The predicted octanol–water partition coefficient (Wildman–Crippen LogP) is 3.50. The Bertz CT molecular complexity index is 905. The molecule has 0 N–H and O–H groups in total. The molecule has 0 saturated heterocycles. The van der Waals surface area contributed by atoms with Crippen LogP contribution in [-0.2, 0) is 15.2 Å². The van der Waals surface area contributed by atoms with E-state index < -0.39 is 19.7 Å². The number of carbonyl (C=O) groups is 2. The molecule has 3 aromatic rings. The van der Waals surface area contributed by atoms with Gasteiger partial charge in [-0.2, -0.15) is 0 Å². The van der Waals surface area contributed by atoms with Crippen LogP contribution in [0, 0.1) is 11.8 Å². The first-order valence-corrected chi connectivity index (χ1v) is 18.5. The average Bonchev–Trinajstić information content (AvgIpc) is 2.80. The zero-order valence-electron chi connectivity index (χ0n) is 18.4. The maximum absolute atomic E-state index is 13.3. The first-order valence-electron chi connectivity index (χ1n) is 10.5. The molecule has 31 heavy (non-hydrogen) atoms. The first kappa shape index (κ1) is 23.2. The summed E-state index contributed by atoms with van der Waals surface area (Å²) in [5.41, 5.74) is 0. The summed E-state index contributed by atoms with van der Waals surface area (Å²) in [4.78, 5) is 26.5. The minimum absolute atomic E-state index is 0.386. The van der Waals surface area contributed by atoms with Crippen molar-refractivity contribution < 1.29 is 15.2 Å². The van der Waals surface area contributed by atoms with Gasteiger partial charge in [-0.3, -0.25) is 0 Å². The average molecular weight is 614 g/mol. The fourth-order valence-electron chi connectivity index (χ4n) is 3.43. The van der Waals surface area contributed by atoms with E-state index in [2.05, 4.69) is 0 Å². The summed E-state index contributed by atoms with van der Waals surface area (Å²) in [5, 5.41) is 0. The number of hydrogen-bond donors (Lipinski definition) is 0. The second kappa shape index (κ2) is 9.32. The minimum atomic E-state index is -5.80. The third kappa shape index (κ3) is 4.16. The number of benzene rings is 3. The number of carbonyl (C=O) groups excluding carboxylic acids is 2. The van der Waals surface area contributed by atoms with Crippen LogP contribution in [-0.4, -0.2) is 31.6 Å². The van der Waals surface area contributed by atoms with Crippen molar-refractivity contribution in [3.63, 3.8) is 0 Å². The van der Waals surface area contributed by atoms with E-state index in [1.165, 1.54) is 0 Å². The van der Waals surface area contributed by atoms with Gasteiger partial charge in [-0.05, 0) is 0 Å². The van der Waals surface area contributed by atoms with E-state index in [0.717, 1.165) is 9.81 Å². The van der Waals surface area contributed by atoms with Crippen LogP contribution in [0.4, 0.5) is 0 Å². The van der Waals surface area contributed by atoms with Crippen molar-refractivity contribution in [2.45, 2.75) is 27.7 Å². The van der Waals surface area contributed by atoms with Crippen LogP contribution in [0.15, 0.2) is 91.0 Å². The Hall–Kier alpha value is -2.52. The number of hydrogen-bond acceptors (Lipinski definition) is 4. The Balaban J connectivity index is 2.54. The van der Waals surface area contributed by atoms with E-state index in [4.69, 9.17) is 5.63 Å². The van der Waals surface area contributed by atoms with Gasteiger partial charge in [0.15, 0.2) is 0 Å². The summed E-state index contributed by atoms with van der Waals surface area (Å²) in [6, 6.07) is 28.5.